The maximum Gasteiger partial charge on any atom is 0.222 e. The first-order valence-corrected chi connectivity index (χ1v) is 8.08. The summed E-state index contributed by atoms with van der Waals surface area (Å²) in [7, 11) is 4.79. The average Bonchev–Trinajstić information content (AvgIpc) is 2.62. The molecule has 1 aromatic heterocycles. The Balaban J connectivity index is 2.08. The SMILES string of the molecule is COc1cc(Cc2ccc3nc(N)nc(N)c3c2C)cc(OC)c1OC. The number of nitrogen functional groups attached to an aromatic ring is 2. The Morgan fingerprint density at radius 1 is 0.923 bits per heavy atom. The molecule has 0 fully saturated rings. The number of aryl methyl sites for hydroxylation is 1. The van der Waals surface area contributed by atoms with Crippen LogP contribution in [0.1, 0.15) is 16.7 Å². The van der Waals surface area contributed by atoms with Gasteiger partial charge < -0.3 is 25.7 Å². The lowest BCUT2D eigenvalue weighted by Crippen LogP contribution is -2.03. The minimum Gasteiger partial charge on any atom is -0.493 e. The number of nitrogens with two attached hydrogens (primary N) is 2. The Hall–Kier alpha value is -3.22. The van der Waals surface area contributed by atoms with Gasteiger partial charge in [-0.3, -0.25) is 0 Å². The number of anilines is 2. The molecule has 0 amide bonds. The lowest BCUT2D eigenvalue weighted by atomic mass is 9.97. The van der Waals surface area contributed by atoms with Crippen molar-refractivity contribution in [3.63, 3.8) is 0 Å². The van der Waals surface area contributed by atoms with Crippen LogP contribution in [-0.2, 0) is 6.42 Å². The van der Waals surface area contributed by atoms with Crippen molar-refractivity contribution >= 4 is 22.7 Å². The molecule has 26 heavy (non-hydrogen) atoms. The van der Waals surface area contributed by atoms with E-state index in [1.165, 1.54) is 0 Å². The van der Waals surface area contributed by atoms with Gasteiger partial charge in [-0.05, 0) is 48.2 Å². The van der Waals surface area contributed by atoms with E-state index in [0.29, 0.717) is 29.5 Å². The van der Waals surface area contributed by atoms with Crippen LogP contribution in [0.15, 0.2) is 24.3 Å². The highest BCUT2D eigenvalue weighted by molar-refractivity contribution is 5.92. The Morgan fingerprint density at radius 3 is 2.15 bits per heavy atom. The van der Waals surface area contributed by atoms with Crippen LogP contribution in [0, 0.1) is 6.92 Å². The molecule has 0 unspecified atom stereocenters. The third kappa shape index (κ3) is 3.03. The smallest absolute Gasteiger partial charge is 0.222 e. The monoisotopic (exact) mass is 354 g/mol. The molecule has 0 saturated heterocycles. The van der Waals surface area contributed by atoms with Crippen molar-refractivity contribution in [2.75, 3.05) is 32.8 Å². The molecule has 1 heterocycles. The van der Waals surface area contributed by atoms with Crippen molar-refractivity contribution in [1.29, 1.82) is 0 Å². The van der Waals surface area contributed by atoms with Gasteiger partial charge in [-0.2, -0.15) is 4.98 Å². The highest BCUT2D eigenvalue weighted by Crippen LogP contribution is 2.39. The molecule has 3 rings (SSSR count). The van der Waals surface area contributed by atoms with E-state index in [1.807, 2.05) is 31.2 Å². The van der Waals surface area contributed by atoms with Crippen molar-refractivity contribution in [2.24, 2.45) is 0 Å². The molecule has 4 N–H and O–H groups in total. The van der Waals surface area contributed by atoms with Crippen LogP contribution in [0.2, 0.25) is 0 Å². The number of nitrogens with zero attached hydrogens (tertiary/aromatic N) is 2. The molecule has 0 saturated carbocycles. The molecule has 136 valence electrons. The summed E-state index contributed by atoms with van der Waals surface area (Å²) >= 11 is 0. The van der Waals surface area contributed by atoms with Gasteiger partial charge in [0.1, 0.15) is 5.82 Å². The first-order valence-electron chi connectivity index (χ1n) is 8.08. The number of fused-ring (bicyclic) bond motifs is 1. The lowest BCUT2D eigenvalue weighted by Gasteiger charge is -2.15. The normalized spacial score (nSPS) is 10.8. The van der Waals surface area contributed by atoms with Crippen molar-refractivity contribution in [3.05, 3.63) is 41.0 Å². The van der Waals surface area contributed by atoms with Gasteiger partial charge in [0.15, 0.2) is 11.5 Å². The maximum atomic E-state index is 6.06. The van der Waals surface area contributed by atoms with E-state index >= 15 is 0 Å². The number of ether oxygens (including phenoxy) is 3. The van der Waals surface area contributed by atoms with E-state index in [2.05, 4.69) is 9.97 Å². The number of benzene rings is 2. The predicted molar refractivity (Wildman–Crippen MR) is 102 cm³/mol. The van der Waals surface area contributed by atoms with Gasteiger partial charge in [0.25, 0.3) is 0 Å². The quantitative estimate of drug-likeness (QED) is 0.725. The molecule has 0 aliphatic rings. The van der Waals surface area contributed by atoms with E-state index in [1.54, 1.807) is 21.3 Å². The second kappa shape index (κ2) is 6.95. The minimum atomic E-state index is 0.173. The maximum absolute atomic E-state index is 6.06. The van der Waals surface area contributed by atoms with Crippen LogP contribution >= 0.6 is 0 Å². The highest BCUT2D eigenvalue weighted by atomic mass is 16.5. The molecule has 0 aliphatic carbocycles. The topological polar surface area (TPSA) is 106 Å². The average molecular weight is 354 g/mol. The van der Waals surface area contributed by atoms with Crippen LogP contribution in [0.4, 0.5) is 11.8 Å². The first-order chi connectivity index (χ1) is 12.5. The van der Waals surface area contributed by atoms with Gasteiger partial charge in [0.2, 0.25) is 11.7 Å². The van der Waals surface area contributed by atoms with Crippen molar-refractivity contribution in [3.8, 4) is 17.2 Å². The summed E-state index contributed by atoms with van der Waals surface area (Å²) in [6.45, 7) is 2.01. The van der Waals surface area contributed by atoms with Crippen LogP contribution in [0.5, 0.6) is 17.2 Å². The summed E-state index contributed by atoms with van der Waals surface area (Å²) < 4.78 is 16.2. The Kier molecular flexibility index (Phi) is 4.71. The summed E-state index contributed by atoms with van der Waals surface area (Å²) in [6.07, 6.45) is 0.669. The summed E-state index contributed by atoms with van der Waals surface area (Å²) in [5, 5.41) is 0.823. The number of rotatable bonds is 5. The molecular weight excluding hydrogens is 332 g/mol. The molecule has 7 nitrogen and oxygen atoms in total. The molecule has 0 spiro atoms. The molecule has 2 aromatic carbocycles. The van der Waals surface area contributed by atoms with E-state index in [-0.39, 0.29) is 5.95 Å². The number of aromatic nitrogens is 2. The Bertz CT molecular complexity index is 948. The van der Waals surface area contributed by atoms with Crippen LogP contribution in [0.3, 0.4) is 0 Å². The van der Waals surface area contributed by atoms with Crippen molar-refractivity contribution in [1.82, 2.24) is 9.97 Å². The van der Waals surface area contributed by atoms with Crippen molar-refractivity contribution in [2.45, 2.75) is 13.3 Å². The summed E-state index contributed by atoms with van der Waals surface area (Å²) in [5.74, 6) is 2.37. The number of methoxy groups -OCH3 is 3. The molecule has 7 heteroatoms. The molecule has 3 aromatic rings. The van der Waals surface area contributed by atoms with Crippen LogP contribution in [-0.4, -0.2) is 31.3 Å². The highest BCUT2D eigenvalue weighted by Gasteiger charge is 2.15. The number of hydrogen-bond acceptors (Lipinski definition) is 7. The van der Waals surface area contributed by atoms with E-state index in [0.717, 1.165) is 27.6 Å². The van der Waals surface area contributed by atoms with Crippen LogP contribution in [0.25, 0.3) is 10.9 Å². The zero-order valence-electron chi connectivity index (χ0n) is 15.3. The van der Waals surface area contributed by atoms with Gasteiger partial charge in [-0.1, -0.05) is 6.07 Å². The largest absolute Gasteiger partial charge is 0.493 e. The molecule has 0 radical (unpaired) electrons. The second-order valence-corrected chi connectivity index (χ2v) is 5.92. The zero-order valence-corrected chi connectivity index (χ0v) is 15.3. The van der Waals surface area contributed by atoms with E-state index in [4.69, 9.17) is 25.7 Å². The number of hydrogen-bond donors (Lipinski definition) is 2. The fraction of sp³-hybridized carbons (Fsp3) is 0.263. The lowest BCUT2D eigenvalue weighted by molar-refractivity contribution is 0.324. The standard InChI is InChI=1S/C19H22N4O3/c1-10-12(5-6-13-16(10)18(20)23-19(21)22-13)7-11-8-14(24-2)17(26-4)15(9-11)25-3/h5-6,8-9H,7H2,1-4H3,(H4,20,21,22,23). The second-order valence-electron chi connectivity index (χ2n) is 5.92. The van der Waals surface area contributed by atoms with Gasteiger partial charge in [-0.25, -0.2) is 4.98 Å². The fourth-order valence-electron chi connectivity index (χ4n) is 3.13. The Labute approximate surface area is 151 Å². The third-order valence-corrected chi connectivity index (χ3v) is 4.40. The summed E-state index contributed by atoms with van der Waals surface area (Å²) in [6, 6.07) is 7.80. The fourth-order valence-corrected chi connectivity index (χ4v) is 3.13. The predicted octanol–water partition coefficient (Wildman–Crippen LogP) is 2.72. The molecule has 0 bridgehead atoms. The summed E-state index contributed by atoms with van der Waals surface area (Å²) in [4.78, 5) is 8.33. The van der Waals surface area contributed by atoms with Crippen molar-refractivity contribution < 1.29 is 14.2 Å². The van der Waals surface area contributed by atoms with E-state index < -0.39 is 0 Å². The molecular formula is C19H22N4O3. The van der Waals surface area contributed by atoms with Gasteiger partial charge in [0, 0.05) is 5.39 Å². The van der Waals surface area contributed by atoms with Gasteiger partial charge in [-0.15, -0.1) is 0 Å². The van der Waals surface area contributed by atoms with Crippen LogP contribution < -0.4 is 25.7 Å². The minimum absolute atomic E-state index is 0.173. The Morgan fingerprint density at radius 2 is 1.58 bits per heavy atom. The molecule has 0 aliphatic heterocycles. The van der Waals surface area contributed by atoms with E-state index in [9.17, 15) is 0 Å². The van der Waals surface area contributed by atoms with Gasteiger partial charge in [0.05, 0.1) is 26.8 Å². The summed E-state index contributed by atoms with van der Waals surface area (Å²) in [5.41, 5.74) is 15.6. The molecule has 0 atom stereocenters. The first kappa shape index (κ1) is 17.6. The zero-order chi connectivity index (χ0) is 18.8. The third-order valence-electron chi connectivity index (χ3n) is 4.40. The van der Waals surface area contributed by atoms with Gasteiger partial charge >= 0.3 is 0 Å².